The van der Waals surface area contributed by atoms with Gasteiger partial charge < -0.3 is 10.6 Å². The first-order valence-corrected chi connectivity index (χ1v) is 8.02. The minimum atomic E-state index is 0.0985. The van der Waals surface area contributed by atoms with Gasteiger partial charge in [0.1, 0.15) is 5.84 Å². The molecule has 5 heteroatoms. The van der Waals surface area contributed by atoms with Crippen molar-refractivity contribution in [1.82, 2.24) is 0 Å². The van der Waals surface area contributed by atoms with Crippen LogP contribution in [0.25, 0.3) is 0 Å². The molecule has 1 rings (SSSR count). The fourth-order valence-corrected chi connectivity index (χ4v) is 2.94. The first-order chi connectivity index (χ1) is 8.49. The van der Waals surface area contributed by atoms with Crippen molar-refractivity contribution in [2.75, 3.05) is 24.0 Å². The molecule has 0 aliphatic rings. The van der Waals surface area contributed by atoms with Gasteiger partial charge in [0.25, 0.3) is 0 Å². The van der Waals surface area contributed by atoms with Crippen LogP contribution < -0.4 is 10.6 Å². The maximum absolute atomic E-state index is 7.71. The molecular weight excluding hydrogens is 310 g/mol. The Kier molecular flexibility index (Phi) is 6.02. The minimum absolute atomic E-state index is 0.0985. The number of thioether (sulfide) groups is 1. The summed E-state index contributed by atoms with van der Waals surface area (Å²) in [5.41, 5.74) is 7.46. The second-order valence-electron chi connectivity index (χ2n) is 4.29. The number of nitrogens with zero attached hydrogens (tertiary/aromatic N) is 1. The quantitative estimate of drug-likeness (QED) is 0.621. The van der Waals surface area contributed by atoms with Crippen molar-refractivity contribution < 1.29 is 0 Å². The molecule has 0 bridgehead atoms. The normalized spacial score (nSPS) is 12.2. The predicted octanol–water partition coefficient (Wildman–Crippen LogP) is 3.31. The van der Waals surface area contributed by atoms with Gasteiger partial charge in [0, 0.05) is 23.2 Å². The molecule has 0 radical (unpaired) electrons. The first kappa shape index (κ1) is 15.4. The molecule has 0 heterocycles. The summed E-state index contributed by atoms with van der Waals surface area (Å²) in [6.45, 7) is 2.20. The molecule has 3 N–H and O–H groups in total. The van der Waals surface area contributed by atoms with Crippen LogP contribution in [-0.2, 0) is 0 Å². The van der Waals surface area contributed by atoms with Crippen molar-refractivity contribution in [3.8, 4) is 0 Å². The number of hydrogen-bond acceptors (Lipinski definition) is 3. The summed E-state index contributed by atoms with van der Waals surface area (Å²) in [6, 6.07) is 6.33. The van der Waals surface area contributed by atoms with E-state index in [1.807, 2.05) is 30.0 Å². The van der Waals surface area contributed by atoms with Crippen molar-refractivity contribution in [3.63, 3.8) is 0 Å². The van der Waals surface area contributed by atoms with E-state index in [9.17, 15) is 0 Å². The van der Waals surface area contributed by atoms with E-state index >= 15 is 0 Å². The molecule has 18 heavy (non-hydrogen) atoms. The van der Waals surface area contributed by atoms with E-state index in [1.165, 1.54) is 0 Å². The van der Waals surface area contributed by atoms with Gasteiger partial charge >= 0.3 is 0 Å². The number of anilines is 1. The van der Waals surface area contributed by atoms with Gasteiger partial charge in [-0.15, -0.1) is 0 Å². The molecular formula is C13H20BrN3S. The second kappa shape index (κ2) is 7.04. The van der Waals surface area contributed by atoms with Crippen LogP contribution in [0.2, 0.25) is 0 Å². The van der Waals surface area contributed by atoms with Crippen LogP contribution in [0.5, 0.6) is 0 Å². The molecule has 0 fully saturated rings. The van der Waals surface area contributed by atoms with Gasteiger partial charge in [-0.1, -0.05) is 6.07 Å². The lowest BCUT2D eigenvalue weighted by atomic mass is 10.1. The summed E-state index contributed by atoms with van der Waals surface area (Å²) < 4.78 is 0.872. The highest BCUT2D eigenvalue weighted by molar-refractivity contribution is 9.10. The van der Waals surface area contributed by atoms with E-state index < -0.39 is 0 Å². The Morgan fingerprint density at radius 1 is 1.56 bits per heavy atom. The van der Waals surface area contributed by atoms with Crippen molar-refractivity contribution in [2.45, 2.75) is 19.4 Å². The standard InChI is InChI=1S/C13H20BrN3S/c1-9(7-8-18-3)17(2)11-6-4-5-10(14)12(11)13(15)16/h4-6,9H,7-8H2,1-3H3,(H3,15,16). The smallest absolute Gasteiger partial charge is 0.126 e. The fourth-order valence-electron chi connectivity index (χ4n) is 1.79. The van der Waals surface area contributed by atoms with Crippen LogP contribution in [0.4, 0.5) is 5.69 Å². The number of halogens is 1. The van der Waals surface area contributed by atoms with Gasteiger partial charge in [-0.3, -0.25) is 5.41 Å². The molecule has 1 atom stereocenters. The zero-order chi connectivity index (χ0) is 13.7. The lowest BCUT2D eigenvalue weighted by molar-refractivity contribution is 0.669. The van der Waals surface area contributed by atoms with Crippen molar-refractivity contribution in [1.29, 1.82) is 5.41 Å². The number of nitrogen functional groups attached to an aromatic ring is 1. The van der Waals surface area contributed by atoms with Crippen molar-refractivity contribution >= 4 is 39.2 Å². The Hall–Kier alpha value is -0.680. The number of nitrogens with one attached hydrogen (secondary N) is 1. The van der Waals surface area contributed by atoms with Crippen LogP contribution in [0.1, 0.15) is 18.9 Å². The summed E-state index contributed by atoms with van der Waals surface area (Å²) in [4.78, 5) is 2.19. The van der Waals surface area contributed by atoms with E-state index in [1.54, 1.807) is 0 Å². The second-order valence-corrected chi connectivity index (χ2v) is 6.13. The number of hydrogen-bond donors (Lipinski definition) is 2. The molecule has 0 spiro atoms. The van der Waals surface area contributed by atoms with Gasteiger partial charge in [0.05, 0.1) is 5.56 Å². The van der Waals surface area contributed by atoms with Gasteiger partial charge in [-0.2, -0.15) is 11.8 Å². The van der Waals surface area contributed by atoms with Gasteiger partial charge in [-0.25, -0.2) is 0 Å². The molecule has 100 valence electrons. The summed E-state index contributed by atoms with van der Waals surface area (Å²) in [5, 5.41) is 7.71. The zero-order valence-electron chi connectivity index (χ0n) is 11.0. The van der Waals surface area contributed by atoms with E-state index in [4.69, 9.17) is 11.1 Å². The number of rotatable bonds is 6. The topological polar surface area (TPSA) is 53.1 Å². The molecule has 0 aliphatic carbocycles. The Bertz CT molecular complexity index is 423. The highest BCUT2D eigenvalue weighted by atomic mass is 79.9. The Morgan fingerprint density at radius 3 is 2.78 bits per heavy atom. The molecule has 1 aromatic carbocycles. The third kappa shape index (κ3) is 3.65. The SMILES string of the molecule is CSCCC(C)N(C)c1cccc(Br)c1C(=N)N. The maximum Gasteiger partial charge on any atom is 0.126 e. The van der Waals surface area contributed by atoms with Crippen molar-refractivity contribution in [3.05, 3.63) is 28.2 Å². The molecule has 3 nitrogen and oxygen atoms in total. The van der Waals surface area contributed by atoms with Crippen LogP contribution in [0.15, 0.2) is 22.7 Å². The van der Waals surface area contributed by atoms with Crippen LogP contribution in [0, 0.1) is 5.41 Å². The maximum atomic E-state index is 7.71. The van der Waals surface area contributed by atoms with E-state index in [2.05, 4.69) is 41.1 Å². The summed E-state index contributed by atoms with van der Waals surface area (Å²) >= 11 is 5.32. The Balaban J connectivity index is 3.01. The largest absolute Gasteiger partial charge is 0.384 e. The third-order valence-electron chi connectivity index (χ3n) is 3.04. The highest BCUT2D eigenvalue weighted by Gasteiger charge is 2.16. The monoisotopic (exact) mass is 329 g/mol. The molecule has 0 saturated carbocycles. The average Bonchev–Trinajstić information content (AvgIpc) is 2.34. The van der Waals surface area contributed by atoms with Gasteiger partial charge in [-0.05, 0) is 53.4 Å². The average molecular weight is 330 g/mol. The fraction of sp³-hybridized carbons (Fsp3) is 0.462. The van der Waals surface area contributed by atoms with E-state index in [0.717, 1.165) is 27.9 Å². The molecule has 1 unspecified atom stereocenters. The lowest BCUT2D eigenvalue weighted by Crippen LogP contribution is -2.31. The first-order valence-electron chi connectivity index (χ1n) is 5.83. The molecule has 0 amide bonds. The zero-order valence-corrected chi connectivity index (χ0v) is 13.4. The molecule has 0 saturated heterocycles. The van der Waals surface area contributed by atoms with Crippen LogP contribution in [-0.4, -0.2) is 30.9 Å². The van der Waals surface area contributed by atoms with Crippen LogP contribution >= 0.6 is 27.7 Å². The predicted molar refractivity (Wildman–Crippen MR) is 86.0 cm³/mol. The summed E-state index contributed by atoms with van der Waals surface area (Å²) in [5.74, 6) is 1.23. The number of benzene rings is 1. The highest BCUT2D eigenvalue weighted by Crippen LogP contribution is 2.28. The van der Waals surface area contributed by atoms with Crippen molar-refractivity contribution in [2.24, 2.45) is 5.73 Å². The Labute approximate surface area is 122 Å². The van der Waals surface area contributed by atoms with Crippen LogP contribution in [0.3, 0.4) is 0 Å². The van der Waals surface area contributed by atoms with E-state index in [-0.39, 0.29) is 5.84 Å². The van der Waals surface area contributed by atoms with E-state index in [0.29, 0.717) is 6.04 Å². The lowest BCUT2D eigenvalue weighted by Gasteiger charge is -2.29. The third-order valence-corrected chi connectivity index (χ3v) is 4.35. The van der Waals surface area contributed by atoms with Gasteiger partial charge in [0.15, 0.2) is 0 Å². The van der Waals surface area contributed by atoms with Gasteiger partial charge in [0.2, 0.25) is 0 Å². The molecule has 1 aromatic rings. The minimum Gasteiger partial charge on any atom is -0.384 e. The number of amidine groups is 1. The number of nitrogens with two attached hydrogens (primary N) is 1. The summed E-state index contributed by atoms with van der Waals surface area (Å²) in [7, 11) is 2.05. The molecule has 0 aliphatic heterocycles. The molecule has 0 aromatic heterocycles. The Morgan fingerprint density at radius 2 is 2.22 bits per heavy atom. The summed E-state index contributed by atoms with van der Waals surface area (Å²) in [6.07, 6.45) is 3.23.